The number of likely N-dealkylation sites (tertiary alicyclic amines) is 1. The Morgan fingerprint density at radius 3 is 2.84 bits per heavy atom. The minimum Gasteiger partial charge on any atom is -0.312 e. The molecule has 2 atom stereocenters. The molecule has 1 saturated heterocycles. The van der Waals surface area contributed by atoms with Crippen molar-refractivity contribution >= 4 is 0 Å². The van der Waals surface area contributed by atoms with Crippen LogP contribution in [0, 0.1) is 5.92 Å². The monoisotopic (exact) mass is 260 g/mol. The van der Waals surface area contributed by atoms with Crippen molar-refractivity contribution in [3.05, 3.63) is 35.9 Å². The summed E-state index contributed by atoms with van der Waals surface area (Å²) in [7, 11) is 0. The first-order valence-electron chi connectivity index (χ1n) is 7.77. The number of benzene rings is 1. The van der Waals surface area contributed by atoms with Crippen molar-refractivity contribution < 1.29 is 0 Å². The van der Waals surface area contributed by atoms with Gasteiger partial charge in [-0.1, -0.05) is 50.6 Å². The second-order valence-electron chi connectivity index (χ2n) is 5.94. The minimum atomic E-state index is 0.713. The number of rotatable bonds is 7. The van der Waals surface area contributed by atoms with Crippen LogP contribution in [0.25, 0.3) is 0 Å². The lowest BCUT2D eigenvalue weighted by Crippen LogP contribution is -2.35. The molecule has 1 aromatic rings. The third-order valence-electron chi connectivity index (χ3n) is 4.28. The molecule has 0 saturated carbocycles. The van der Waals surface area contributed by atoms with E-state index >= 15 is 0 Å². The first-order valence-corrected chi connectivity index (χ1v) is 7.77. The first-order chi connectivity index (χ1) is 9.28. The highest BCUT2D eigenvalue weighted by Gasteiger charge is 2.21. The molecule has 0 spiro atoms. The molecule has 0 bridgehead atoms. The fourth-order valence-electron chi connectivity index (χ4n) is 2.65. The Morgan fingerprint density at radius 2 is 2.11 bits per heavy atom. The van der Waals surface area contributed by atoms with Gasteiger partial charge in [0.1, 0.15) is 0 Å². The molecule has 0 radical (unpaired) electrons. The molecule has 1 aromatic carbocycles. The summed E-state index contributed by atoms with van der Waals surface area (Å²) in [6, 6.07) is 11.5. The molecule has 2 nitrogen and oxygen atoms in total. The summed E-state index contributed by atoms with van der Waals surface area (Å²) >= 11 is 0. The summed E-state index contributed by atoms with van der Waals surface area (Å²) in [6.45, 7) is 9.45. The van der Waals surface area contributed by atoms with Crippen LogP contribution >= 0.6 is 0 Å². The van der Waals surface area contributed by atoms with E-state index in [0.29, 0.717) is 6.04 Å². The average Bonchev–Trinajstić information content (AvgIpc) is 2.91. The van der Waals surface area contributed by atoms with Crippen LogP contribution in [0.2, 0.25) is 0 Å². The van der Waals surface area contributed by atoms with E-state index in [1.165, 1.54) is 51.0 Å². The summed E-state index contributed by atoms with van der Waals surface area (Å²) in [5.41, 5.74) is 1.46. The molecule has 1 heterocycles. The first kappa shape index (κ1) is 14.5. The van der Waals surface area contributed by atoms with E-state index in [4.69, 9.17) is 0 Å². The van der Waals surface area contributed by atoms with Gasteiger partial charge in [-0.2, -0.15) is 0 Å². The summed E-state index contributed by atoms with van der Waals surface area (Å²) < 4.78 is 0. The lowest BCUT2D eigenvalue weighted by Gasteiger charge is -2.18. The Hall–Kier alpha value is -0.860. The van der Waals surface area contributed by atoms with Gasteiger partial charge >= 0.3 is 0 Å². The molecule has 1 aliphatic rings. The number of nitrogens with zero attached hydrogens (tertiary/aromatic N) is 1. The molecule has 1 fully saturated rings. The van der Waals surface area contributed by atoms with E-state index in [9.17, 15) is 0 Å². The van der Waals surface area contributed by atoms with Crippen molar-refractivity contribution in [1.82, 2.24) is 10.2 Å². The molecule has 19 heavy (non-hydrogen) atoms. The van der Waals surface area contributed by atoms with Gasteiger partial charge in [-0.05, 0) is 37.4 Å². The van der Waals surface area contributed by atoms with E-state index in [1.807, 2.05) is 0 Å². The van der Waals surface area contributed by atoms with Crippen LogP contribution in [0.5, 0.6) is 0 Å². The van der Waals surface area contributed by atoms with Crippen molar-refractivity contribution in [1.29, 1.82) is 0 Å². The summed E-state index contributed by atoms with van der Waals surface area (Å²) in [6.07, 6.45) is 3.77. The van der Waals surface area contributed by atoms with Crippen LogP contribution in [0.1, 0.15) is 32.3 Å². The molecule has 0 amide bonds. The zero-order valence-electron chi connectivity index (χ0n) is 12.4. The van der Waals surface area contributed by atoms with Crippen LogP contribution < -0.4 is 5.32 Å². The third kappa shape index (κ3) is 4.96. The molecule has 1 aliphatic heterocycles. The van der Waals surface area contributed by atoms with Crippen molar-refractivity contribution in [2.75, 3.05) is 26.2 Å². The van der Waals surface area contributed by atoms with Gasteiger partial charge in [0.2, 0.25) is 0 Å². The number of hydrogen-bond acceptors (Lipinski definition) is 2. The highest BCUT2D eigenvalue weighted by molar-refractivity contribution is 5.14. The average molecular weight is 260 g/mol. The summed E-state index contributed by atoms with van der Waals surface area (Å²) in [4.78, 5) is 2.60. The molecule has 2 unspecified atom stereocenters. The maximum atomic E-state index is 3.72. The maximum Gasteiger partial charge on any atom is 0.0207 e. The van der Waals surface area contributed by atoms with Crippen LogP contribution in [-0.2, 0) is 6.42 Å². The third-order valence-corrected chi connectivity index (χ3v) is 4.28. The van der Waals surface area contributed by atoms with Crippen molar-refractivity contribution in [3.8, 4) is 0 Å². The molecule has 2 rings (SSSR count). The smallest absolute Gasteiger partial charge is 0.0207 e. The number of hydrogen-bond donors (Lipinski definition) is 1. The van der Waals surface area contributed by atoms with Crippen LogP contribution in [0.4, 0.5) is 0 Å². The predicted octanol–water partition coefficient (Wildman–Crippen LogP) is 2.94. The normalized spacial score (nSPS) is 21.7. The Kier molecular flexibility index (Phi) is 5.87. The molecule has 0 aliphatic carbocycles. The summed E-state index contributed by atoms with van der Waals surface area (Å²) in [5, 5.41) is 3.72. The minimum absolute atomic E-state index is 0.713. The topological polar surface area (TPSA) is 15.3 Å². The highest BCUT2D eigenvalue weighted by Crippen LogP contribution is 2.11. The van der Waals surface area contributed by atoms with Crippen LogP contribution in [0.3, 0.4) is 0 Å². The van der Waals surface area contributed by atoms with Gasteiger partial charge in [0.05, 0.1) is 0 Å². The standard InChI is InChI=1S/C17H28N2/c1-3-15(2)13-18-17-10-12-19(14-17)11-9-16-7-5-4-6-8-16/h4-8,15,17-18H,3,9-14H2,1-2H3. The van der Waals surface area contributed by atoms with E-state index < -0.39 is 0 Å². The van der Waals surface area contributed by atoms with Gasteiger partial charge in [0.25, 0.3) is 0 Å². The van der Waals surface area contributed by atoms with Gasteiger partial charge < -0.3 is 10.2 Å². The molecule has 0 aromatic heterocycles. The van der Waals surface area contributed by atoms with E-state index in [0.717, 1.165) is 5.92 Å². The second-order valence-corrected chi connectivity index (χ2v) is 5.94. The fraction of sp³-hybridized carbons (Fsp3) is 0.647. The van der Waals surface area contributed by atoms with E-state index in [-0.39, 0.29) is 0 Å². The van der Waals surface area contributed by atoms with E-state index in [2.05, 4.69) is 54.4 Å². The number of nitrogens with one attached hydrogen (secondary N) is 1. The van der Waals surface area contributed by atoms with E-state index in [1.54, 1.807) is 0 Å². The van der Waals surface area contributed by atoms with Gasteiger partial charge in [-0.3, -0.25) is 0 Å². The largest absolute Gasteiger partial charge is 0.312 e. The maximum absolute atomic E-state index is 3.72. The Labute approximate surface area is 118 Å². The van der Waals surface area contributed by atoms with Gasteiger partial charge in [0.15, 0.2) is 0 Å². The Balaban J connectivity index is 1.65. The summed E-state index contributed by atoms with van der Waals surface area (Å²) in [5.74, 6) is 0.804. The van der Waals surface area contributed by atoms with Crippen LogP contribution in [0.15, 0.2) is 30.3 Å². The van der Waals surface area contributed by atoms with Crippen molar-refractivity contribution in [2.24, 2.45) is 5.92 Å². The quantitative estimate of drug-likeness (QED) is 0.811. The molecule has 1 N–H and O–H groups in total. The van der Waals surface area contributed by atoms with Gasteiger partial charge in [-0.25, -0.2) is 0 Å². The molecular formula is C17H28N2. The fourth-order valence-corrected chi connectivity index (χ4v) is 2.65. The van der Waals surface area contributed by atoms with Crippen molar-refractivity contribution in [3.63, 3.8) is 0 Å². The SMILES string of the molecule is CCC(C)CNC1CCN(CCc2ccccc2)C1. The zero-order chi connectivity index (χ0) is 13.5. The lowest BCUT2D eigenvalue weighted by molar-refractivity contribution is 0.328. The lowest BCUT2D eigenvalue weighted by atomic mass is 10.1. The van der Waals surface area contributed by atoms with Gasteiger partial charge in [0, 0.05) is 19.1 Å². The highest BCUT2D eigenvalue weighted by atomic mass is 15.2. The zero-order valence-corrected chi connectivity index (χ0v) is 12.4. The molecule has 2 heteroatoms. The molecule has 106 valence electrons. The Morgan fingerprint density at radius 1 is 1.32 bits per heavy atom. The second kappa shape index (κ2) is 7.66. The Bertz CT molecular complexity index is 350. The van der Waals surface area contributed by atoms with Crippen molar-refractivity contribution in [2.45, 2.75) is 39.2 Å². The predicted molar refractivity (Wildman–Crippen MR) is 82.4 cm³/mol. The van der Waals surface area contributed by atoms with Gasteiger partial charge in [-0.15, -0.1) is 0 Å². The molecular weight excluding hydrogens is 232 g/mol. The van der Waals surface area contributed by atoms with Crippen LogP contribution in [-0.4, -0.2) is 37.1 Å².